The molecule has 0 aliphatic carbocycles. The third kappa shape index (κ3) is 2.75. The Bertz CT molecular complexity index is 952. The second kappa shape index (κ2) is 6.29. The van der Waals surface area contributed by atoms with Crippen LogP contribution in [0.1, 0.15) is 25.5 Å². The van der Waals surface area contributed by atoms with Gasteiger partial charge in [-0.2, -0.15) is 0 Å². The summed E-state index contributed by atoms with van der Waals surface area (Å²) in [5.74, 6) is 0.187. The summed E-state index contributed by atoms with van der Waals surface area (Å²) < 4.78 is 5.65. The fraction of sp³-hybridized carbons (Fsp3) is 0.389. The van der Waals surface area contributed by atoms with Gasteiger partial charge in [0, 0.05) is 23.3 Å². The molecule has 1 amide bonds. The van der Waals surface area contributed by atoms with Gasteiger partial charge < -0.3 is 9.64 Å². The first-order chi connectivity index (χ1) is 12.3. The molecule has 3 heterocycles. The predicted molar refractivity (Wildman–Crippen MR) is 103 cm³/mol. The molecule has 0 unspecified atom stereocenters. The summed E-state index contributed by atoms with van der Waals surface area (Å²) in [5.41, 5.74) is 1.20. The number of fused-ring (bicyclic) bond motifs is 2. The minimum atomic E-state index is -0.619. The van der Waals surface area contributed by atoms with E-state index in [2.05, 4.69) is 4.98 Å². The number of aryl methyl sites for hydroxylation is 1. The van der Waals surface area contributed by atoms with Crippen molar-refractivity contribution < 1.29 is 14.3 Å². The summed E-state index contributed by atoms with van der Waals surface area (Å²) in [4.78, 5) is 30.9. The number of pyridine rings is 1. The molecule has 5 nitrogen and oxygen atoms in total. The number of nitrogens with zero attached hydrogens (tertiary/aromatic N) is 2. The number of carbonyl (C=O) groups is 2. The minimum Gasteiger partial charge on any atom is -0.421 e. The number of hydrogen-bond donors (Lipinski definition) is 0. The highest BCUT2D eigenvalue weighted by atomic mass is 35.5. The molecule has 1 aromatic heterocycles. The van der Waals surface area contributed by atoms with Crippen molar-refractivity contribution in [2.75, 3.05) is 5.75 Å². The Labute approximate surface area is 165 Å². The summed E-state index contributed by atoms with van der Waals surface area (Å²) in [5, 5.41) is 1.32. The zero-order valence-corrected chi connectivity index (χ0v) is 16.5. The van der Waals surface area contributed by atoms with E-state index in [1.807, 2.05) is 26.0 Å². The molecule has 0 N–H and O–H groups in total. The summed E-state index contributed by atoms with van der Waals surface area (Å²) in [6.07, 6.45) is 1.20. The van der Waals surface area contributed by atoms with Crippen molar-refractivity contribution in [1.82, 2.24) is 9.88 Å². The maximum atomic E-state index is 12.9. The minimum absolute atomic E-state index is 0.0134. The van der Waals surface area contributed by atoms with Crippen molar-refractivity contribution in [1.29, 1.82) is 0 Å². The van der Waals surface area contributed by atoms with E-state index in [1.165, 1.54) is 0 Å². The molecule has 8 heteroatoms. The van der Waals surface area contributed by atoms with Crippen molar-refractivity contribution >= 4 is 57.7 Å². The standard InChI is InChI=1S/C18H16Cl2N2O3S/c1-9-3-4-10-11(19)7-12(20)16(15(10)21-9)25-17(24)13-8-26-18(2)6-5-14(23)22(13)18/h3-4,7,13H,5-6,8H2,1-2H3/t13-,18-/m0/s1. The number of carbonyl (C=O) groups excluding carboxylic acids is 2. The van der Waals surface area contributed by atoms with Gasteiger partial charge in [-0.25, -0.2) is 9.78 Å². The molecule has 0 saturated carbocycles. The fourth-order valence-electron chi connectivity index (χ4n) is 3.55. The zero-order valence-electron chi connectivity index (χ0n) is 14.2. The molecule has 2 aliphatic heterocycles. The molecule has 2 atom stereocenters. The van der Waals surface area contributed by atoms with E-state index in [4.69, 9.17) is 27.9 Å². The van der Waals surface area contributed by atoms with Crippen molar-refractivity contribution in [3.63, 3.8) is 0 Å². The molecule has 0 bridgehead atoms. The highest BCUT2D eigenvalue weighted by Gasteiger charge is 2.53. The third-order valence-corrected chi connectivity index (χ3v) is 7.00. The quantitative estimate of drug-likeness (QED) is 0.548. The van der Waals surface area contributed by atoms with Crippen molar-refractivity contribution in [3.05, 3.63) is 33.9 Å². The van der Waals surface area contributed by atoms with Gasteiger partial charge in [-0.15, -0.1) is 11.8 Å². The van der Waals surface area contributed by atoms with Crippen LogP contribution in [-0.4, -0.2) is 38.4 Å². The smallest absolute Gasteiger partial charge is 0.335 e. The Morgan fingerprint density at radius 2 is 2.15 bits per heavy atom. The molecule has 2 aromatic rings. The maximum Gasteiger partial charge on any atom is 0.335 e. The van der Waals surface area contributed by atoms with Gasteiger partial charge in [0.05, 0.1) is 14.9 Å². The third-order valence-electron chi connectivity index (χ3n) is 4.90. The van der Waals surface area contributed by atoms with Crippen LogP contribution in [0.2, 0.25) is 10.0 Å². The van der Waals surface area contributed by atoms with E-state index in [1.54, 1.807) is 22.7 Å². The Hall–Kier alpha value is -1.50. The number of hydrogen-bond acceptors (Lipinski definition) is 5. The summed E-state index contributed by atoms with van der Waals surface area (Å²) >= 11 is 14.1. The van der Waals surface area contributed by atoms with Gasteiger partial charge in [0.1, 0.15) is 11.6 Å². The van der Waals surface area contributed by atoms with Crippen molar-refractivity contribution in [3.8, 4) is 5.75 Å². The van der Waals surface area contributed by atoms with Gasteiger partial charge in [0.25, 0.3) is 0 Å². The van der Waals surface area contributed by atoms with Crippen LogP contribution in [0.3, 0.4) is 0 Å². The number of aromatic nitrogens is 1. The van der Waals surface area contributed by atoms with Crippen LogP contribution in [0.4, 0.5) is 0 Å². The predicted octanol–water partition coefficient (Wildman–Crippen LogP) is 4.21. The Morgan fingerprint density at radius 1 is 1.38 bits per heavy atom. The van der Waals surface area contributed by atoms with Gasteiger partial charge >= 0.3 is 5.97 Å². The van der Waals surface area contributed by atoms with Gasteiger partial charge in [0.15, 0.2) is 5.75 Å². The second-order valence-corrected chi connectivity index (χ2v) is 9.02. The van der Waals surface area contributed by atoms with Gasteiger partial charge in [-0.3, -0.25) is 4.79 Å². The summed E-state index contributed by atoms with van der Waals surface area (Å²) in [6, 6.07) is 4.57. The first-order valence-electron chi connectivity index (χ1n) is 8.23. The second-order valence-electron chi connectivity index (χ2n) is 6.70. The van der Waals surface area contributed by atoms with Crippen molar-refractivity contribution in [2.45, 2.75) is 37.6 Å². The lowest BCUT2D eigenvalue weighted by molar-refractivity contribution is -0.146. The van der Waals surface area contributed by atoms with Crippen LogP contribution in [-0.2, 0) is 9.59 Å². The molecule has 0 spiro atoms. The van der Waals surface area contributed by atoms with Crippen LogP contribution in [0, 0.1) is 6.92 Å². The van der Waals surface area contributed by atoms with E-state index in [0.29, 0.717) is 28.1 Å². The molecule has 26 heavy (non-hydrogen) atoms. The average molecular weight is 411 g/mol. The largest absolute Gasteiger partial charge is 0.421 e. The topological polar surface area (TPSA) is 59.5 Å². The Balaban J connectivity index is 1.71. The highest BCUT2D eigenvalue weighted by Crippen LogP contribution is 2.47. The number of esters is 1. The first kappa shape index (κ1) is 17.9. The lowest BCUT2D eigenvalue weighted by atomic mass is 10.2. The van der Waals surface area contributed by atoms with E-state index >= 15 is 0 Å². The molecule has 1 aromatic carbocycles. The van der Waals surface area contributed by atoms with Crippen LogP contribution < -0.4 is 4.74 Å². The van der Waals surface area contributed by atoms with Crippen LogP contribution >= 0.6 is 35.0 Å². The summed E-state index contributed by atoms with van der Waals surface area (Å²) in [7, 11) is 0. The molecule has 0 radical (unpaired) electrons. The Kier molecular flexibility index (Phi) is 4.33. The Morgan fingerprint density at radius 3 is 2.92 bits per heavy atom. The SMILES string of the molecule is Cc1ccc2c(Cl)cc(Cl)c(OC(=O)[C@@H]3CS[C@@]4(C)CCC(=O)N34)c2n1. The van der Waals surface area contributed by atoms with E-state index < -0.39 is 12.0 Å². The van der Waals surface area contributed by atoms with Crippen LogP contribution in [0.15, 0.2) is 18.2 Å². The lowest BCUT2D eigenvalue weighted by Crippen LogP contribution is -2.47. The number of ether oxygens (including phenoxy) is 1. The number of halogens is 2. The van der Waals surface area contributed by atoms with Crippen molar-refractivity contribution in [2.24, 2.45) is 0 Å². The molecule has 136 valence electrons. The number of thioether (sulfide) groups is 1. The van der Waals surface area contributed by atoms with E-state index in [-0.39, 0.29) is 21.6 Å². The molecule has 4 rings (SSSR count). The molecule has 2 aliphatic rings. The van der Waals surface area contributed by atoms with Crippen LogP contribution in [0.25, 0.3) is 10.9 Å². The molecular formula is C18H16Cl2N2O3S. The van der Waals surface area contributed by atoms with E-state index in [0.717, 1.165) is 12.1 Å². The van der Waals surface area contributed by atoms with E-state index in [9.17, 15) is 9.59 Å². The number of rotatable bonds is 2. The highest BCUT2D eigenvalue weighted by molar-refractivity contribution is 8.01. The lowest BCUT2D eigenvalue weighted by Gasteiger charge is -2.29. The molecule has 2 fully saturated rings. The monoisotopic (exact) mass is 410 g/mol. The number of benzene rings is 1. The van der Waals surface area contributed by atoms with Gasteiger partial charge in [0.2, 0.25) is 5.91 Å². The number of amides is 1. The molecule has 2 saturated heterocycles. The average Bonchev–Trinajstić information content (AvgIpc) is 3.07. The fourth-order valence-corrected chi connectivity index (χ4v) is 5.52. The normalized spacial score (nSPS) is 25.0. The summed E-state index contributed by atoms with van der Waals surface area (Å²) in [6.45, 7) is 3.83. The van der Waals surface area contributed by atoms with Gasteiger partial charge in [-0.1, -0.05) is 23.2 Å². The van der Waals surface area contributed by atoms with Crippen LogP contribution in [0.5, 0.6) is 5.75 Å². The molecular weight excluding hydrogens is 395 g/mol. The first-order valence-corrected chi connectivity index (χ1v) is 9.97. The van der Waals surface area contributed by atoms with Gasteiger partial charge in [-0.05, 0) is 38.5 Å². The maximum absolute atomic E-state index is 12.9. The zero-order chi connectivity index (χ0) is 18.6.